The van der Waals surface area contributed by atoms with Crippen LogP contribution in [-0.2, 0) is 4.74 Å². The Morgan fingerprint density at radius 3 is 2.65 bits per heavy atom. The number of nitrogens with one attached hydrogen (secondary N) is 2. The van der Waals surface area contributed by atoms with E-state index in [-0.39, 0.29) is 28.7 Å². The van der Waals surface area contributed by atoms with Gasteiger partial charge in [-0.1, -0.05) is 13.8 Å². The molecule has 0 saturated carbocycles. The molecule has 1 aliphatic heterocycles. The highest BCUT2D eigenvalue weighted by atomic mass is 16.5. The van der Waals surface area contributed by atoms with Gasteiger partial charge in [0.2, 0.25) is 0 Å². The van der Waals surface area contributed by atoms with Gasteiger partial charge in [0.1, 0.15) is 12.4 Å². The van der Waals surface area contributed by atoms with Crippen molar-refractivity contribution in [1.29, 1.82) is 0 Å². The summed E-state index contributed by atoms with van der Waals surface area (Å²) in [5, 5.41) is 5.62. The molecular weight excluding hydrogens is 478 g/mol. The molecule has 1 saturated heterocycles. The van der Waals surface area contributed by atoms with E-state index in [1.165, 1.54) is 18.7 Å². The summed E-state index contributed by atoms with van der Waals surface area (Å²) in [6.45, 7) is 6.15. The minimum atomic E-state index is -0.491. The number of ether oxygens (including phenoxy) is 2. The molecule has 0 atom stereocenters. The first-order valence-corrected chi connectivity index (χ1v) is 12.0. The van der Waals surface area contributed by atoms with Crippen molar-refractivity contribution < 1.29 is 23.5 Å². The fourth-order valence-corrected chi connectivity index (χ4v) is 3.90. The molecule has 3 aromatic rings. The van der Waals surface area contributed by atoms with Crippen LogP contribution in [0, 0.1) is 5.41 Å². The van der Waals surface area contributed by atoms with E-state index >= 15 is 0 Å². The maximum atomic E-state index is 12.9. The normalized spacial score (nSPS) is 14.3. The number of aromatic nitrogens is 4. The van der Waals surface area contributed by atoms with E-state index in [0.29, 0.717) is 44.0 Å². The number of oxazole rings is 1. The molecule has 4 rings (SSSR count). The second-order valence-corrected chi connectivity index (χ2v) is 9.51. The van der Waals surface area contributed by atoms with Crippen molar-refractivity contribution in [2.45, 2.75) is 32.8 Å². The molecule has 1 aliphatic rings. The number of pyridine rings is 1. The van der Waals surface area contributed by atoms with E-state index in [1.807, 2.05) is 18.7 Å². The third-order valence-electron chi connectivity index (χ3n) is 5.83. The second-order valence-electron chi connectivity index (χ2n) is 9.51. The molecule has 0 bridgehead atoms. The van der Waals surface area contributed by atoms with Crippen LogP contribution in [-0.4, -0.2) is 71.2 Å². The minimum Gasteiger partial charge on any atom is -0.460 e. The molecular formula is C25H31N7O5. The summed E-state index contributed by atoms with van der Waals surface area (Å²) in [5.74, 6) is -0.839. The number of amides is 2. The summed E-state index contributed by atoms with van der Waals surface area (Å²) >= 11 is 0. The average molecular weight is 510 g/mol. The summed E-state index contributed by atoms with van der Waals surface area (Å²) in [7, 11) is 1.62. The second kappa shape index (κ2) is 11.8. The summed E-state index contributed by atoms with van der Waals surface area (Å²) in [5.41, 5.74) is 0.434. The quantitative estimate of drug-likeness (QED) is 0.418. The zero-order valence-corrected chi connectivity index (χ0v) is 21.1. The smallest absolute Gasteiger partial charge is 0.316 e. The summed E-state index contributed by atoms with van der Waals surface area (Å²) in [4.78, 5) is 44.2. The molecule has 0 aromatic carbocycles. The van der Waals surface area contributed by atoms with Crippen LogP contribution in [0.5, 0.6) is 6.01 Å². The highest BCUT2D eigenvalue weighted by Gasteiger charge is 2.26. The summed E-state index contributed by atoms with van der Waals surface area (Å²) in [6, 6.07) is 4.02. The molecule has 0 radical (unpaired) electrons. The molecule has 12 nitrogen and oxygen atoms in total. The zero-order chi connectivity index (χ0) is 26.3. The Morgan fingerprint density at radius 1 is 1.16 bits per heavy atom. The maximum absolute atomic E-state index is 12.9. The molecule has 2 amide bonds. The number of hydrogen-bond acceptors (Lipinski definition) is 10. The Hall–Kier alpha value is -4.06. The van der Waals surface area contributed by atoms with E-state index in [2.05, 4.69) is 30.6 Å². The number of anilines is 2. The molecule has 0 spiro atoms. The Labute approximate surface area is 214 Å². The van der Waals surface area contributed by atoms with Gasteiger partial charge < -0.3 is 29.4 Å². The van der Waals surface area contributed by atoms with Gasteiger partial charge in [-0.15, -0.1) is 0 Å². The Balaban J connectivity index is 1.33. The average Bonchev–Trinajstić information content (AvgIpc) is 3.39. The third-order valence-corrected chi connectivity index (χ3v) is 5.83. The first kappa shape index (κ1) is 26.0. The maximum Gasteiger partial charge on any atom is 0.316 e. The van der Waals surface area contributed by atoms with Crippen LogP contribution < -0.4 is 20.3 Å². The first-order valence-electron chi connectivity index (χ1n) is 12.0. The van der Waals surface area contributed by atoms with Gasteiger partial charge in [0.15, 0.2) is 5.69 Å². The highest BCUT2D eigenvalue weighted by Crippen LogP contribution is 2.23. The van der Waals surface area contributed by atoms with Crippen molar-refractivity contribution in [2.24, 2.45) is 5.41 Å². The zero-order valence-electron chi connectivity index (χ0n) is 21.1. The lowest BCUT2D eigenvalue weighted by atomic mass is 9.95. The Kier molecular flexibility index (Phi) is 8.29. The van der Waals surface area contributed by atoms with Gasteiger partial charge in [-0.3, -0.25) is 14.6 Å². The molecule has 0 aliphatic carbocycles. The van der Waals surface area contributed by atoms with Crippen molar-refractivity contribution in [3.63, 3.8) is 0 Å². The molecule has 1 fully saturated rings. The number of nitrogens with zero attached hydrogens (tertiary/aromatic N) is 5. The van der Waals surface area contributed by atoms with Crippen LogP contribution in [0.25, 0.3) is 0 Å². The monoisotopic (exact) mass is 509 g/mol. The van der Waals surface area contributed by atoms with Crippen LogP contribution in [0.2, 0.25) is 0 Å². The molecule has 3 aromatic heterocycles. The van der Waals surface area contributed by atoms with Crippen molar-refractivity contribution in [1.82, 2.24) is 25.3 Å². The number of methoxy groups -OCH3 is 1. The van der Waals surface area contributed by atoms with Crippen LogP contribution in [0.15, 0.2) is 47.6 Å². The molecule has 196 valence electrons. The Morgan fingerprint density at radius 2 is 1.92 bits per heavy atom. The predicted octanol–water partition coefficient (Wildman–Crippen LogP) is 2.56. The number of carbonyl (C=O) groups is 2. The van der Waals surface area contributed by atoms with Crippen LogP contribution in [0.1, 0.15) is 47.5 Å². The summed E-state index contributed by atoms with van der Waals surface area (Å²) in [6.07, 6.45) is 8.96. The van der Waals surface area contributed by atoms with Crippen LogP contribution in [0.3, 0.4) is 0 Å². The molecule has 0 unspecified atom stereocenters. The Bertz CT molecular complexity index is 1190. The van der Waals surface area contributed by atoms with Gasteiger partial charge in [0.25, 0.3) is 17.8 Å². The molecule has 12 heteroatoms. The van der Waals surface area contributed by atoms with Gasteiger partial charge >= 0.3 is 6.01 Å². The van der Waals surface area contributed by atoms with E-state index in [0.717, 1.165) is 12.8 Å². The fraction of sp³-hybridized carbons (Fsp3) is 0.440. The predicted molar refractivity (Wildman–Crippen MR) is 135 cm³/mol. The van der Waals surface area contributed by atoms with E-state index in [1.54, 1.807) is 31.6 Å². The van der Waals surface area contributed by atoms with E-state index in [4.69, 9.17) is 13.9 Å². The standard InChI is InChI=1S/C25H31N7O5/c1-25(2,16-35-3)15-29-21(33)18-13-26-10-5-19(18)30-22(34)20-14-36-24(31-20)32-11-6-17(7-12-32)37-23-27-8-4-9-28-23/h4-5,8-10,13-14,17H,6-7,11-12,15-16H2,1-3H3,(H,29,33)(H,26,30,34). The number of rotatable bonds is 10. The molecule has 37 heavy (non-hydrogen) atoms. The third kappa shape index (κ3) is 7.00. The fourth-order valence-electron chi connectivity index (χ4n) is 3.90. The first-order chi connectivity index (χ1) is 17.8. The highest BCUT2D eigenvalue weighted by molar-refractivity contribution is 6.08. The van der Waals surface area contributed by atoms with Crippen LogP contribution >= 0.6 is 0 Å². The molecule has 2 N–H and O–H groups in total. The van der Waals surface area contributed by atoms with Crippen molar-refractivity contribution >= 4 is 23.5 Å². The van der Waals surface area contributed by atoms with E-state index < -0.39 is 5.91 Å². The van der Waals surface area contributed by atoms with Gasteiger partial charge in [-0.25, -0.2) is 9.97 Å². The number of hydrogen-bond donors (Lipinski definition) is 2. The van der Waals surface area contributed by atoms with Crippen molar-refractivity contribution in [3.8, 4) is 6.01 Å². The summed E-state index contributed by atoms with van der Waals surface area (Å²) < 4.78 is 16.6. The van der Waals surface area contributed by atoms with Gasteiger partial charge in [0.05, 0.1) is 17.9 Å². The number of piperidine rings is 1. The molecule has 4 heterocycles. The van der Waals surface area contributed by atoms with Gasteiger partial charge in [-0.2, -0.15) is 4.98 Å². The SMILES string of the molecule is COCC(C)(C)CNC(=O)c1cnccc1NC(=O)c1coc(N2CCC(Oc3ncccn3)CC2)n1. The van der Waals surface area contributed by atoms with Gasteiger partial charge in [0, 0.05) is 69.8 Å². The van der Waals surface area contributed by atoms with Gasteiger partial charge in [-0.05, 0) is 12.1 Å². The largest absolute Gasteiger partial charge is 0.460 e. The lowest BCUT2D eigenvalue weighted by Crippen LogP contribution is -2.38. The van der Waals surface area contributed by atoms with Crippen LogP contribution in [0.4, 0.5) is 11.7 Å². The van der Waals surface area contributed by atoms with E-state index in [9.17, 15) is 9.59 Å². The number of carbonyl (C=O) groups excluding carboxylic acids is 2. The lowest BCUT2D eigenvalue weighted by Gasteiger charge is -2.30. The van der Waals surface area contributed by atoms with Crippen molar-refractivity contribution in [3.05, 3.63) is 54.4 Å². The van der Waals surface area contributed by atoms with Crippen molar-refractivity contribution in [2.75, 3.05) is 43.6 Å². The topological polar surface area (TPSA) is 145 Å². The lowest BCUT2D eigenvalue weighted by molar-refractivity contribution is 0.0847. The minimum absolute atomic E-state index is 0.00675.